The lowest BCUT2D eigenvalue weighted by Crippen LogP contribution is -2.31. The molecule has 0 spiro atoms. The Balaban J connectivity index is 1.71. The van der Waals surface area contributed by atoms with Crippen LogP contribution in [0, 0.1) is 5.82 Å². The lowest BCUT2D eigenvalue weighted by atomic mass is 10.2. The van der Waals surface area contributed by atoms with Gasteiger partial charge in [0.05, 0.1) is 19.3 Å². The monoisotopic (exact) mass is 349 g/mol. The van der Waals surface area contributed by atoms with Crippen molar-refractivity contribution in [2.24, 2.45) is 0 Å². The Hall–Kier alpha value is -1.40. The molecule has 2 aromatic carbocycles. The second-order valence-corrected chi connectivity index (χ2v) is 6.68. The molecule has 1 atom stereocenters. The van der Waals surface area contributed by atoms with Crippen LogP contribution in [0.15, 0.2) is 53.4 Å². The third-order valence-corrected chi connectivity index (χ3v) is 4.40. The Morgan fingerprint density at radius 3 is 2.54 bits per heavy atom. The van der Waals surface area contributed by atoms with Crippen LogP contribution < -0.4 is 0 Å². The fourth-order valence-electron chi connectivity index (χ4n) is 2.44. The van der Waals surface area contributed by atoms with Gasteiger partial charge in [0, 0.05) is 23.5 Å². The first kappa shape index (κ1) is 18.9. The summed E-state index contributed by atoms with van der Waals surface area (Å²) in [6.45, 7) is 1.62. The zero-order valence-corrected chi connectivity index (χ0v) is 14.9. The molecule has 5 heteroatoms. The number of thioether (sulfide) groups is 1. The summed E-state index contributed by atoms with van der Waals surface area (Å²) in [5.74, 6) is -0.280. The maximum Gasteiger partial charge on any atom is 0.128 e. The maximum absolute atomic E-state index is 13.5. The average molecular weight is 349 g/mol. The van der Waals surface area contributed by atoms with Gasteiger partial charge < -0.3 is 9.84 Å². The number of benzene rings is 2. The van der Waals surface area contributed by atoms with E-state index >= 15 is 0 Å². The van der Waals surface area contributed by atoms with Gasteiger partial charge in [0.25, 0.3) is 0 Å². The highest BCUT2D eigenvalue weighted by Gasteiger charge is 2.10. The first-order valence-electron chi connectivity index (χ1n) is 7.89. The van der Waals surface area contributed by atoms with Crippen molar-refractivity contribution in [1.82, 2.24) is 4.90 Å². The van der Waals surface area contributed by atoms with Crippen molar-refractivity contribution in [2.75, 3.05) is 26.5 Å². The molecule has 0 unspecified atom stereocenters. The average Bonchev–Trinajstić information content (AvgIpc) is 2.57. The second-order valence-electron chi connectivity index (χ2n) is 5.81. The summed E-state index contributed by atoms with van der Waals surface area (Å²) in [6.07, 6.45) is 1.45. The quantitative estimate of drug-likeness (QED) is 0.702. The van der Waals surface area contributed by atoms with Crippen LogP contribution in [0.25, 0.3) is 0 Å². The van der Waals surface area contributed by atoms with Crippen molar-refractivity contribution in [2.45, 2.75) is 24.2 Å². The van der Waals surface area contributed by atoms with E-state index < -0.39 is 6.10 Å². The number of ether oxygens (including phenoxy) is 1. The molecule has 0 amide bonds. The highest BCUT2D eigenvalue weighted by molar-refractivity contribution is 7.98. The van der Waals surface area contributed by atoms with E-state index in [0.717, 1.165) is 6.54 Å². The highest BCUT2D eigenvalue weighted by atomic mass is 32.2. The van der Waals surface area contributed by atoms with Crippen LogP contribution in [0.3, 0.4) is 0 Å². The summed E-state index contributed by atoms with van der Waals surface area (Å²) >= 11 is 1.72. The van der Waals surface area contributed by atoms with E-state index in [1.807, 2.05) is 11.9 Å². The van der Waals surface area contributed by atoms with Crippen LogP contribution in [0.2, 0.25) is 0 Å². The number of nitrogens with zero attached hydrogens (tertiary/aromatic N) is 1. The van der Waals surface area contributed by atoms with E-state index in [1.165, 1.54) is 16.5 Å². The Labute approximate surface area is 147 Å². The summed E-state index contributed by atoms with van der Waals surface area (Å²) < 4.78 is 18.9. The van der Waals surface area contributed by atoms with Crippen molar-refractivity contribution < 1.29 is 14.2 Å². The van der Waals surface area contributed by atoms with Crippen LogP contribution in [0.1, 0.15) is 11.1 Å². The Morgan fingerprint density at radius 2 is 1.88 bits per heavy atom. The number of halogens is 1. The molecular weight excluding hydrogens is 325 g/mol. The van der Waals surface area contributed by atoms with Crippen LogP contribution in [0.4, 0.5) is 4.39 Å². The van der Waals surface area contributed by atoms with Crippen LogP contribution >= 0.6 is 11.8 Å². The van der Waals surface area contributed by atoms with E-state index in [-0.39, 0.29) is 19.0 Å². The van der Waals surface area contributed by atoms with Gasteiger partial charge in [-0.25, -0.2) is 4.39 Å². The molecule has 0 aliphatic carbocycles. The van der Waals surface area contributed by atoms with Crippen molar-refractivity contribution in [3.05, 3.63) is 65.5 Å². The molecule has 0 radical (unpaired) electrons. The topological polar surface area (TPSA) is 32.7 Å². The molecular formula is C19H24FNO2S. The van der Waals surface area contributed by atoms with Crippen LogP contribution in [-0.2, 0) is 17.9 Å². The predicted octanol–water partition coefficient (Wildman–Crippen LogP) is 3.56. The van der Waals surface area contributed by atoms with Crippen molar-refractivity contribution in [3.8, 4) is 0 Å². The number of aliphatic hydroxyl groups excluding tert-OH is 1. The number of hydrogen-bond acceptors (Lipinski definition) is 4. The first-order valence-corrected chi connectivity index (χ1v) is 9.11. The van der Waals surface area contributed by atoms with Crippen LogP contribution in [-0.4, -0.2) is 42.6 Å². The van der Waals surface area contributed by atoms with Gasteiger partial charge in [-0.05, 0) is 37.1 Å². The Kier molecular flexibility index (Phi) is 7.72. The highest BCUT2D eigenvalue weighted by Crippen LogP contribution is 2.15. The smallest absolute Gasteiger partial charge is 0.128 e. The summed E-state index contributed by atoms with van der Waals surface area (Å²) in [5.41, 5.74) is 1.71. The van der Waals surface area contributed by atoms with Gasteiger partial charge in [0.15, 0.2) is 0 Å². The minimum absolute atomic E-state index is 0.170. The number of likely N-dealkylation sites (N-methyl/N-ethyl adjacent to an activating group) is 1. The summed E-state index contributed by atoms with van der Waals surface area (Å²) in [7, 11) is 1.96. The maximum atomic E-state index is 13.5. The van der Waals surface area contributed by atoms with Crippen LogP contribution in [0.5, 0.6) is 0 Å². The van der Waals surface area contributed by atoms with Gasteiger partial charge in [0.2, 0.25) is 0 Å². The third kappa shape index (κ3) is 6.24. The molecule has 0 aromatic heterocycles. The summed E-state index contributed by atoms with van der Waals surface area (Å²) in [6, 6.07) is 14.9. The fourth-order valence-corrected chi connectivity index (χ4v) is 2.85. The van der Waals surface area contributed by atoms with Gasteiger partial charge in [-0.2, -0.15) is 0 Å². The molecule has 0 aliphatic heterocycles. The van der Waals surface area contributed by atoms with Gasteiger partial charge in [0.1, 0.15) is 5.82 Å². The third-order valence-electron chi connectivity index (χ3n) is 3.66. The summed E-state index contributed by atoms with van der Waals surface area (Å²) in [4.78, 5) is 3.29. The van der Waals surface area contributed by atoms with E-state index in [1.54, 1.807) is 30.0 Å². The normalized spacial score (nSPS) is 12.5. The van der Waals surface area contributed by atoms with Crippen molar-refractivity contribution in [1.29, 1.82) is 0 Å². The standard InChI is InChI=1S/C19H24FNO2S/c1-21(11-15-7-9-18(24-2)10-8-15)12-17(22)14-23-13-16-5-3-4-6-19(16)20/h3-10,17,22H,11-14H2,1-2H3/t17-/m1/s1. The first-order chi connectivity index (χ1) is 11.6. The van der Waals surface area contributed by atoms with E-state index in [0.29, 0.717) is 12.1 Å². The summed E-state index contributed by atoms with van der Waals surface area (Å²) in [5, 5.41) is 10.1. The molecule has 2 aromatic rings. The number of aliphatic hydroxyl groups is 1. The van der Waals surface area contributed by atoms with Gasteiger partial charge in [-0.1, -0.05) is 30.3 Å². The Bertz CT molecular complexity index is 621. The van der Waals surface area contributed by atoms with E-state index in [9.17, 15) is 9.50 Å². The molecule has 0 saturated carbocycles. The van der Waals surface area contributed by atoms with Crippen molar-refractivity contribution >= 4 is 11.8 Å². The lowest BCUT2D eigenvalue weighted by Gasteiger charge is -2.20. The minimum atomic E-state index is -0.604. The number of hydrogen-bond donors (Lipinski definition) is 1. The Morgan fingerprint density at radius 1 is 1.17 bits per heavy atom. The SMILES string of the molecule is CSc1ccc(CN(C)C[C@@H](O)COCc2ccccc2F)cc1. The number of rotatable bonds is 9. The molecule has 130 valence electrons. The molecule has 0 fully saturated rings. The molecule has 1 N–H and O–H groups in total. The molecule has 3 nitrogen and oxygen atoms in total. The van der Waals surface area contributed by atoms with Gasteiger partial charge >= 0.3 is 0 Å². The molecule has 24 heavy (non-hydrogen) atoms. The molecule has 0 bridgehead atoms. The lowest BCUT2D eigenvalue weighted by molar-refractivity contribution is 0.0119. The minimum Gasteiger partial charge on any atom is -0.389 e. The fraction of sp³-hybridized carbons (Fsp3) is 0.368. The van der Waals surface area contributed by atoms with Gasteiger partial charge in [-0.3, -0.25) is 4.90 Å². The van der Waals surface area contributed by atoms with E-state index in [4.69, 9.17) is 4.74 Å². The molecule has 2 rings (SSSR count). The molecule has 0 aliphatic rings. The molecule has 0 saturated heterocycles. The van der Waals surface area contributed by atoms with Crippen molar-refractivity contribution in [3.63, 3.8) is 0 Å². The van der Waals surface area contributed by atoms with Gasteiger partial charge in [-0.15, -0.1) is 11.8 Å². The predicted molar refractivity (Wildman–Crippen MR) is 96.6 cm³/mol. The zero-order valence-electron chi connectivity index (χ0n) is 14.1. The largest absolute Gasteiger partial charge is 0.389 e. The second kappa shape index (κ2) is 9.79. The van der Waals surface area contributed by atoms with E-state index in [2.05, 4.69) is 30.5 Å². The molecule has 0 heterocycles. The zero-order chi connectivity index (χ0) is 17.4.